The Balaban J connectivity index is 1.64. The highest BCUT2D eigenvalue weighted by Gasteiger charge is 2.31. The number of fused-ring (bicyclic) bond motifs is 1. The van der Waals surface area contributed by atoms with Crippen molar-refractivity contribution in [1.29, 1.82) is 0 Å². The van der Waals surface area contributed by atoms with E-state index in [1.54, 1.807) is 4.31 Å². The summed E-state index contributed by atoms with van der Waals surface area (Å²) in [5.74, 6) is 0.357. The fourth-order valence-electron chi connectivity index (χ4n) is 3.47. The lowest BCUT2D eigenvalue weighted by Crippen LogP contribution is -2.50. The SMILES string of the molecule is CC[C@H]1CN(S(C)(=O)=O)CC[C@@H]1NCc1ccc2ncccc2c1. The molecule has 1 aliphatic rings. The van der Waals surface area contributed by atoms with Crippen LogP contribution < -0.4 is 5.32 Å². The van der Waals surface area contributed by atoms with Crippen molar-refractivity contribution in [2.24, 2.45) is 5.92 Å². The fourth-order valence-corrected chi connectivity index (χ4v) is 4.37. The molecule has 5 nitrogen and oxygen atoms in total. The van der Waals surface area contributed by atoms with E-state index in [0.29, 0.717) is 25.0 Å². The van der Waals surface area contributed by atoms with Crippen molar-refractivity contribution in [3.8, 4) is 0 Å². The van der Waals surface area contributed by atoms with E-state index in [1.165, 1.54) is 11.8 Å². The third kappa shape index (κ3) is 3.94. The van der Waals surface area contributed by atoms with Gasteiger partial charge in [-0.05, 0) is 36.1 Å². The van der Waals surface area contributed by atoms with E-state index in [-0.39, 0.29) is 0 Å². The van der Waals surface area contributed by atoms with Gasteiger partial charge >= 0.3 is 0 Å². The summed E-state index contributed by atoms with van der Waals surface area (Å²) in [5.41, 5.74) is 2.24. The molecule has 24 heavy (non-hydrogen) atoms. The zero-order chi connectivity index (χ0) is 17.2. The highest BCUT2D eigenvalue weighted by atomic mass is 32.2. The number of sulfonamides is 1. The van der Waals surface area contributed by atoms with Crippen LogP contribution in [-0.2, 0) is 16.6 Å². The average Bonchev–Trinajstić information content (AvgIpc) is 2.58. The number of nitrogens with one attached hydrogen (secondary N) is 1. The van der Waals surface area contributed by atoms with E-state index in [1.807, 2.05) is 12.3 Å². The van der Waals surface area contributed by atoms with Crippen molar-refractivity contribution in [3.63, 3.8) is 0 Å². The minimum absolute atomic E-state index is 0.357. The molecule has 3 rings (SSSR count). The summed E-state index contributed by atoms with van der Waals surface area (Å²) in [5, 5.41) is 4.78. The maximum atomic E-state index is 11.8. The van der Waals surface area contributed by atoms with Crippen LogP contribution in [-0.4, -0.2) is 43.1 Å². The van der Waals surface area contributed by atoms with Gasteiger partial charge in [0, 0.05) is 37.3 Å². The van der Waals surface area contributed by atoms with Gasteiger partial charge in [-0.25, -0.2) is 12.7 Å². The number of hydrogen-bond acceptors (Lipinski definition) is 4. The molecule has 0 spiro atoms. The number of piperidine rings is 1. The van der Waals surface area contributed by atoms with Crippen molar-refractivity contribution in [2.45, 2.75) is 32.4 Å². The lowest BCUT2D eigenvalue weighted by atomic mass is 9.91. The van der Waals surface area contributed by atoms with Gasteiger partial charge < -0.3 is 5.32 Å². The normalized spacial score (nSPS) is 22.8. The number of pyridine rings is 1. The second kappa shape index (κ2) is 7.17. The molecule has 6 heteroatoms. The molecular weight excluding hydrogens is 322 g/mol. The Labute approximate surface area is 144 Å². The molecule has 0 unspecified atom stereocenters. The summed E-state index contributed by atoms with van der Waals surface area (Å²) in [7, 11) is -3.09. The Bertz CT molecular complexity index is 807. The van der Waals surface area contributed by atoms with Gasteiger partial charge in [-0.15, -0.1) is 0 Å². The molecule has 2 atom stereocenters. The van der Waals surface area contributed by atoms with E-state index >= 15 is 0 Å². The fraction of sp³-hybridized carbons (Fsp3) is 0.500. The first kappa shape index (κ1) is 17.3. The molecule has 1 aliphatic heterocycles. The lowest BCUT2D eigenvalue weighted by Gasteiger charge is -2.37. The third-order valence-corrected chi connectivity index (χ3v) is 6.20. The molecule has 1 aromatic carbocycles. The maximum absolute atomic E-state index is 11.8. The smallest absolute Gasteiger partial charge is 0.211 e. The molecule has 1 aromatic heterocycles. The van der Waals surface area contributed by atoms with E-state index in [4.69, 9.17) is 0 Å². The van der Waals surface area contributed by atoms with Gasteiger partial charge in [0.15, 0.2) is 0 Å². The maximum Gasteiger partial charge on any atom is 0.211 e. The van der Waals surface area contributed by atoms with Gasteiger partial charge in [0.05, 0.1) is 11.8 Å². The number of nitrogens with zero attached hydrogens (tertiary/aromatic N) is 2. The van der Waals surface area contributed by atoms with Crippen LogP contribution in [0.15, 0.2) is 36.5 Å². The molecule has 130 valence electrons. The monoisotopic (exact) mass is 347 g/mol. The number of aromatic nitrogens is 1. The van der Waals surface area contributed by atoms with E-state index in [9.17, 15) is 8.42 Å². The third-order valence-electron chi connectivity index (χ3n) is 4.93. The van der Waals surface area contributed by atoms with E-state index in [0.717, 1.165) is 30.3 Å². The molecular formula is C18H25N3O2S. The van der Waals surface area contributed by atoms with Crippen LogP contribution in [0.1, 0.15) is 25.3 Å². The summed E-state index contributed by atoms with van der Waals surface area (Å²) >= 11 is 0. The Kier molecular flexibility index (Phi) is 5.18. The molecule has 1 N–H and O–H groups in total. The largest absolute Gasteiger partial charge is 0.310 e. The highest BCUT2D eigenvalue weighted by Crippen LogP contribution is 2.23. The van der Waals surface area contributed by atoms with Gasteiger partial charge in [0.25, 0.3) is 0 Å². The Morgan fingerprint density at radius 3 is 2.92 bits per heavy atom. The summed E-state index contributed by atoms with van der Waals surface area (Å²) < 4.78 is 25.1. The van der Waals surface area contributed by atoms with E-state index in [2.05, 4.69) is 41.5 Å². The summed E-state index contributed by atoms with van der Waals surface area (Å²) in [6, 6.07) is 10.7. The molecule has 0 saturated carbocycles. The van der Waals surface area contributed by atoms with Crippen LogP contribution in [0.3, 0.4) is 0 Å². The standard InChI is InChI=1S/C18H25N3O2S/c1-3-15-13-21(24(2,22)23)10-8-18(15)20-12-14-6-7-17-16(11-14)5-4-9-19-17/h4-7,9,11,15,18,20H,3,8,10,12-13H2,1-2H3/t15-,18-/m0/s1. The van der Waals surface area contributed by atoms with Crippen LogP contribution >= 0.6 is 0 Å². The second-order valence-electron chi connectivity index (χ2n) is 6.60. The van der Waals surface area contributed by atoms with Crippen molar-refractivity contribution < 1.29 is 8.42 Å². The molecule has 1 saturated heterocycles. The van der Waals surface area contributed by atoms with Crippen molar-refractivity contribution in [3.05, 3.63) is 42.1 Å². The van der Waals surface area contributed by atoms with Crippen LogP contribution in [0.25, 0.3) is 10.9 Å². The molecule has 0 radical (unpaired) electrons. The Hall–Kier alpha value is -1.50. The first-order valence-electron chi connectivity index (χ1n) is 8.49. The minimum atomic E-state index is -3.09. The number of hydrogen-bond donors (Lipinski definition) is 1. The summed E-state index contributed by atoms with van der Waals surface area (Å²) in [4.78, 5) is 4.35. The van der Waals surface area contributed by atoms with Crippen LogP contribution in [0.4, 0.5) is 0 Å². The van der Waals surface area contributed by atoms with Crippen molar-refractivity contribution in [2.75, 3.05) is 19.3 Å². The van der Waals surface area contributed by atoms with Gasteiger partial charge in [0.1, 0.15) is 0 Å². The van der Waals surface area contributed by atoms with Gasteiger partial charge in [0.2, 0.25) is 10.0 Å². The predicted molar refractivity (Wildman–Crippen MR) is 97.2 cm³/mol. The predicted octanol–water partition coefficient (Wildman–Crippen LogP) is 2.38. The van der Waals surface area contributed by atoms with Crippen LogP contribution in [0.5, 0.6) is 0 Å². The quantitative estimate of drug-likeness (QED) is 0.902. The zero-order valence-corrected chi connectivity index (χ0v) is 15.1. The Morgan fingerprint density at radius 2 is 2.17 bits per heavy atom. The van der Waals surface area contributed by atoms with Gasteiger partial charge in [-0.1, -0.05) is 25.5 Å². The van der Waals surface area contributed by atoms with Gasteiger partial charge in [-0.3, -0.25) is 4.98 Å². The van der Waals surface area contributed by atoms with Crippen molar-refractivity contribution in [1.82, 2.24) is 14.6 Å². The molecule has 0 amide bonds. The summed E-state index contributed by atoms with van der Waals surface area (Å²) in [6.45, 7) is 4.15. The van der Waals surface area contributed by atoms with Crippen molar-refractivity contribution >= 4 is 20.9 Å². The molecule has 0 aliphatic carbocycles. The van der Waals surface area contributed by atoms with Gasteiger partial charge in [-0.2, -0.15) is 0 Å². The molecule has 2 aromatic rings. The first-order chi connectivity index (χ1) is 11.5. The van der Waals surface area contributed by atoms with E-state index < -0.39 is 10.0 Å². The number of benzene rings is 1. The molecule has 2 heterocycles. The number of rotatable bonds is 5. The highest BCUT2D eigenvalue weighted by molar-refractivity contribution is 7.88. The zero-order valence-electron chi connectivity index (χ0n) is 14.3. The lowest BCUT2D eigenvalue weighted by molar-refractivity contribution is 0.202. The summed E-state index contributed by atoms with van der Waals surface area (Å²) in [6.07, 6.45) is 4.95. The van der Waals surface area contributed by atoms with Crippen LogP contribution in [0.2, 0.25) is 0 Å². The molecule has 1 fully saturated rings. The second-order valence-corrected chi connectivity index (χ2v) is 8.58. The minimum Gasteiger partial charge on any atom is -0.310 e. The topological polar surface area (TPSA) is 62.3 Å². The molecule has 0 bridgehead atoms. The van der Waals surface area contributed by atoms with Crippen LogP contribution in [0, 0.1) is 5.92 Å². The Morgan fingerprint density at radius 1 is 1.33 bits per heavy atom. The first-order valence-corrected chi connectivity index (χ1v) is 10.3. The average molecular weight is 347 g/mol.